The van der Waals surface area contributed by atoms with Crippen molar-refractivity contribution in [2.24, 2.45) is 40.4 Å². The number of hydrogen-bond acceptors (Lipinski definition) is 4. The first-order valence-electron chi connectivity index (χ1n) is 15.2. The van der Waals surface area contributed by atoms with Gasteiger partial charge in [0.25, 0.3) is 0 Å². The molecular weight excluding hydrogens is 480 g/mol. The molecule has 4 aliphatic carbocycles. The first-order chi connectivity index (χ1) is 17.6. The largest absolute Gasteiger partial charge is 0.393 e. The molecule has 4 saturated carbocycles. The van der Waals surface area contributed by atoms with Gasteiger partial charge in [-0.1, -0.05) is 45.9 Å². The van der Waals surface area contributed by atoms with Gasteiger partial charge in [-0.05, 0) is 130 Å². The van der Waals surface area contributed by atoms with E-state index >= 15 is 0 Å². The first-order valence-corrected chi connectivity index (χ1v) is 16.8. The van der Waals surface area contributed by atoms with Crippen LogP contribution in [0, 0.1) is 40.4 Å². The first kappa shape index (κ1) is 29.1. The van der Waals surface area contributed by atoms with E-state index in [1.165, 1.54) is 38.5 Å². The van der Waals surface area contributed by atoms with Crippen molar-refractivity contribution in [3.63, 3.8) is 0 Å². The maximum absolute atomic E-state index is 13.6. The number of benzene rings is 1. The second-order valence-electron chi connectivity index (χ2n) is 13.2. The summed E-state index contributed by atoms with van der Waals surface area (Å²) in [6, 6.07) is 8.85. The SMILES string of the molecule is CC.C[C@H](O)CC(C[C@H]1CCC2C3CCC4CC(O)CCC4(C)C3CCC21C)S(=O)(=O)c1ccccc1. The lowest BCUT2D eigenvalue weighted by Gasteiger charge is -2.61. The summed E-state index contributed by atoms with van der Waals surface area (Å²) in [5, 5.41) is 20.0. The third-order valence-electron chi connectivity index (χ3n) is 11.5. The zero-order chi connectivity index (χ0) is 27.0. The van der Waals surface area contributed by atoms with Crippen molar-refractivity contribution >= 4 is 9.84 Å². The Balaban J connectivity index is 0.00000156. The predicted molar refractivity (Wildman–Crippen MR) is 151 cm³/mol. The Morgan fingerprint density at radius 2 is 1.57 bits per heavy atom. The molecule has 4 aliphatic rings. The highest BCUT2D eigenvalue weighted by Crippen LogP contribution is 2.68. The lowest BCUT2D eigenvalue weighted by Crippen LogP contribution is -2.54. The quantitative estimate of drug-likeness (QED) is 0.412. The van der Waals surface area contributed by atoms with Gasteiger partial charge in [0.15, 0.2) is 9.84 Å². The molecule has 210 valence electrons. The normalized spacial score (nSPS) is 40.8. The van der Waals surface area contributed by atoms with E-state index < -0.39 is 21.2 Å². The second kappa shape index (κ2) is 11.3. The van der Waals surface area contributed by atoms with Gasteiger partial charge in [0.05, 0.1) is 22.4 Å². The van der Waals surface area contributed by atoms with Crippen LogP contribution in [0.15, 0.2) is 35.2 Å². The summed E-state index contributed by atoms with van der Waals surface area (Å²) < 4.78 is 27.3. The molecule has 0 radical (unpaired) electrons. The highest BCUT2D eigenvalue weighted by atomic mass is 32.2. The van der Waals surface area contributed by atoms with Crippen LogP contribution in [0.25, 0.3) is 0 Å². The molecule has 0 aromatic heterocycles. The molecule has 0 aliphatic heterocycles. The van der Waals surface area contributed by atoms with Gasteiger partial charge in [-0.15, -0.1) is 0 Å². The molecule has 37 heavy (non-hydrogen) atoms. The monoisotopic (exact) mass is 532 g/mol. The summed E-state index contributed by atoms with van der Waals surface area (Å²) in [5.74, 6) is 3.25. The van der Waals surface area contributed by atoms with Crippen molar-refractivity contribution in [3.8, 4) is 0 Å². The maximum Gasteiger partial charge on any atom is 0.181 e. The molecule has 0 amide bonds. The van der Waals surface area contributed by atoms with Crippen LogP contribution in [-0.4, -0.2) is 36.1 Å². The molecule has 0 heterocycles. The lowest BCUT2D eigenvalue weighted by molar-refractivity contribution is -0.127. The third kappa shape index (κ3) is 5.31. The smallest absolute Gasteiger partial charge is 0.181 e. The fourth-order valence-electron chi connectivity index (χ4n) is 9.58. The summed E-state index contributed by atoms with van der Waals surface area (Å²) in [6.07, 6.45) is 10.7. The molecule has 10 atom stereocenters. The molecule has 5 heteroatoms. The Morgan fingerprint density at radius 1 is 0.919 bits per heavy atom. The van der Waals surface area contributed by atoms with Crippen LogP contribution in [0.5, 0.6) is 0 Å². The Hall–Kier alpha value is -0.910. The van der Waals surface area contributed by atoms with E-state index in [0.29, 0.717) is 40.9 Å². The van der Waals surface area contributed by atoms with Gasteiger partial charge < -0.3 is 10.2 Å². The Labute approximate surface area is 226 Å². The zero-order valence-electron chi connectivity index (χ0n) is 23.9. The van der Waals surface area contributed by atoms with Gasteiger partial charge in [-0.3, -0.25) is 0 Å². The van der Waals surface area contributed by atoms with Crippen LogP contribution in [0.4, 0.5) is 0 Å². The van der Waals surface area contributed by atoms with E-state index in [4.69, 9.17) is 0 Å². The third-order valence-corrected chi connectivity index (χ3v) is 13.7. The number of aliphatic hydroxyl groups excluding tert-OH is 2. The minimum Gasteiger partial charge on any atom is -0.393 e. The molecule has 1 aromatic carbocycles. The van der Waals surface area contributed by atoms with E-state index in [0.717, 1.165) is 31.1 Å². The fourth-order valence-corrected chi connectivity index (χ4v) is 11.5. The van der Waals surface area contributed by atoms with E-state index in [1.807, 2.05) is 19.9 Å². The fraction of sp³-hybridized carbons (Fsp3) is 0.812. The number of fused-ring (bicyclic) bond motifs is 5. The van der Waals surface area contributed by atoms with Crippen LogP contribution in [0.3, 0.4) is 0 Å². The van der Waals surface area contributed by atoms with Crippen LogP contribution in [-0.2, 0) is 9.84 Å². The Bertz CT molecular complexity index is 991. The summed E-state index contributed by atoms with van der Waals surface area (Å²) >= 11 is 0. The molecule has 0 saturated heterocycles. The molecule has 4 nitrogen and oxygen atoms in total. The predicted octanol–water partition coefficient (Wildman–Crippen LogP) is 7.04. The van der Waals surface area contributed by atoms with Gasteiger partial charge in [0.1, 0.15) is 0 Å². The van der Waals surface area contributed by atoms with Gasteiger partial charge >= 0.3 is 0 Å². The summed E-state index contributed by atoms with van der Waals surface area (Å²) in [7, 11) is -3.49. The van der Waals surface area contributed by atoms with Crippen molar-refractivity contribution in [3.05, 3.63) is 30.3 Å². The second-order valence-corrected chi connectivity index (χ2v) is 15.4. The van der Waals surface area contributed by atoms with Gasteiger partial charge in [0.2, 0.25) is 0 Å². The number of aliphatic hydroxyl groups is 2. The average Bonchev–Trinajstić information content (AvgIpc) is 3.21. The van der Waals surface area contributed by atoms with Crippen LogP contribution < -0.4 is 0 Å². The molecular formula is C32H52O4S. The molecule has 5 rings (SSSR count). The van der Waals surface area contributed by atoms with Crippen LogP contribution >= 0.6 is 0 Å². The van der Waals surface area contributed by atoms with E-state index in [1.54, 1.807) is 31.2 Å². The van der Waals surface area contributed by atoms with Gasteiger partial charge in [-0.25, -0.2) is 8.42 Å². The minimum absolute atomic E-state index is 0.105. The number of hydrogen-bond donors (Lipinski definition) is 2. The molecule has 2 N–H and O–H groups in total. The van der Waals surface area contributed by atoms with E-state index in [9.17, 15) is 18.6 Å². The molecule has 0 bridgehead atoms. The Kier molecular flexibility index (Phi) is 8.88. The molecule has 0 spiro atoms. The minimum atomic E-state index is -3.49. The Morgan fingerprint density at radius 3 is 2.24 bits per heavy atom. The van der Waals surface area contributed by atoms with E-state index in [-0.39, 0.29) is 11.5 Å². The van der Waals surface area contributed by atoms with Crippen molar-refractivity contribution in [2.45, 2.75) is 128 Å². The van der Waals surface area contributed by atoms with Gasteiger partial charge in [-0.2, -0.15) is 0 Å². The molecule has 4 fully saturated rings. The standard InChI is InChI=1S/C30H46O4S.C2H6/c1-20(31)17-25(35(33,34)24-7-5-4-6-8-24)19-22-10-12-27-26-11-9-21-18-23(32)13-15-29(21,2)28(26)14-16-30(22,27)3;1-2/h4-8,20-23,25-28,31-32H,9-19H2,1-3H3;1-2H3/t20-,21?,22+,23?,25?,26?,27?,28?,29?,30?;/m0./s1. The van der Waals surface area contributed by atoms with Crippen molar-refractivity contribution in [1.29, 1.82) is 0 Å². The number of rotatable bonds is 6. The van der Waals surface area contributed by atoms with Crippen molar-refractivity contribution in [1.82, 2.24) is 0 Å². The van der Waals surface area contributed by atoms with E-state index in [2.05, 4.69) is 13.8 Å². The summed E-state index contributed by atoms with van der Waals surface area (Å²) in [4.78, 5) is 0.389. The van der Waals surface area contributed by atoms with Crippen molar-refractivity contribution in [2.75, 3.05) is 0 Å². The highest BCUT2D eigenvalue weighted by molar-refractivity contribution is 7.92. The van der Waals surface area contributed by atoms with Crippen LogP contribution in [0.1, 0.15) is 105 Å². The molecule has 1 aromatic rings. The maximum atomic E-state index is 13.6. The summed E-state index contributed by atoms with van der Waals surface area (Å²) in [6.45, 7) is 10.7. The van der Waals surface area contributed by atoms with Gasteiger partial charge in [0, 0.05) is 0 Å². The summed E-state index contributed by atoms with van der Waals surface area (Å²) in [5.41, 5.74) is 0.564. The molecule has 8 unspecified atom stereocenters. The lowest BCUT2D eigenvalue weighted by atomic mass is 9.44. The number of sulfone groups is 1. The van der Waals surface area contributed by atoms with Crippen molar-refractivity contribution < 1.29 is 18.6 Å². The average molecular weight is 533 g/mol. The topological polar surface area (TPSA) is 74.6 Å². The zero-order valence-corrected chi connectivity index (χ0v) is 24.7. The van der Waals surface area contributed by atoms with Crippen LogP contribution in [0.2, 0.25) is 0 Å². The highest BCUT2D eigenvalue weighted by Gasteiger charge is 2.60.